The van der Waals surface area contributed by atoms with E-state index in [9.17, 15) is 9.59 Å². The van der Waals surface area contributed by atoms with Crippen molar-refractivity contribution in [3.05, 3.63) is 23.2 Å². The molecule has 0 saturated carbocycles. The van der Waals surface area contributed by atoms with Crippen molar-refractivity contribution in [2.75, 3.05) is 25.0 Å². The highest BCUT2D eigenvalue weighted by Gasteiger charge is 2.32. The van der Waals surface area contributed by atoms with Crippen LogP contribution in [-0.4, -0.2) is 48.5 Å². The molecule has 0 radical (unpaired) electrons. The molecular weight excluding hydrogens is 342 g/mol. The van der Waals surface area contributed by atoms with Crippen molar-refractivity contribution in [1.82, 2.24) is 10.2 Å². The summed E-state index contributed by atoms with van der Waals surface area (Å²) in [6.45, 7) is 8.02. The van der Waals surface area contributed by atoms with E-state index in [4.69, 9.17) is 16.3 Å². The minimum absolute atomic E-state index is 0.101. The Hall–Kier alpha value is -1.79. The molecule has 1 aromatic carbocycles. The number of halogens is 1. The highest BCUT2D eigenvalue weighted by atomic mass is 35.5. The first-order valence-corrected chi connectivity index (χ1v) is 9.05. The first-order valence-electron chi connectivity index (χ1n) is 8.68. The van der Waals surface area contributed by atoms with Crippen LogP contribution in [0.5, 0.6) is 5.75 Å². The van der Waals surface area contributed by atoms with E-state index >= 15 is 0 Å². The number of piperazine rings is 1. The van der Waals surface area contributed by atoms with Gasteiger partial charge in [0.15, 0.2) is 0 Å². The normalized spacial score (nSPS) is 18.1. The molecule has 6 nitrogen and oxygen atoms in total. The zero-order valence-electron chi connectivity index (χ0n) is 15.0. The van der Waals surface area contributed by atoms with Crippen LogP contribution < -0.4 is 15.4 Å². The molecule has 1 saturated heterocycles. The number of anilines is 1. The van der Waals surface area contributed by atoms with Gasteiger partial charge in [0.2, 0.25) is 11.8 Å². The average molecular weight is 368 g/mol. The zero-order chi connectivity index (χ0) is 18.4. The summed E-state index contributed by atoms with van der Waals surface area (Å²) in [6, 6.07) is 4.90. The lowest BCUT2D eigenvalue weighted by molar-refractivity contribution is -0.133. The molecular formula is C18H26ClN3O3. The quantitative estimate of drug-likeness (QED) is 0.777. The van der Waals surface area contributed by atoms with E-state index in [0.717, 1.165) is 13.0 Å². The van der Waals surface area contributed by atoms with Gasteiger partial charge in [-0.15, -0.1) is 0 Å². The molecule has 1 heterocycles. The average Bonchev–Trinajstić information content (AvgIpc) is 2.55. The molecule has 0 aliphatic carbocycles. The standard InChI is InChI=1S/C18H26ClN3O3/c1-4-9-25-16-6-5-13(10-14(16)19)21-17(23)11-15-18(24)20-7-8-22(15)12(2)3/h5-6,10,12,15H,4,7-9,11H2,1-3H3,(H,20,24)(H,21,23). The van der Waals surface area contributed by atoms with Crippen molar-refractivity contribution >= 4 is 29.1 Å². The fourth-order valence-electron chi connectivity index (χ4n) is 2.86. The number of hydrogen-bond acceptors (Lipinski definition) is 4. The van der Waals surface area contributed by atoms with Gasteiger partial charge in [0.1, 0.15) is 5.75 Å². The number of nitrogens with one attached hydrogen (secondary N) is 2. The van der Waals surface area contributed by atoms with Crippen molar-refractivity contribution in [3.8, 4) is 5.75 Å². The van der Waals surface area contributed by atoms with Gasteiger partial charge in [-0.1, -0.05) is 18.5 Å². The lowest BCUT2D eigenvalue weighted by atomic mass is 10.1. The Bertz CT molecular complexity index is 622. The van der Waals surface area contributed by atoms with E-state index in [1.165, 1.54) is 0 Å². The highest BCUT2D eigenvalue weighted by molar-refractivity contribution is 6.32. The van der Waals surface area contributed by atoms with E-state index in [0.29, 0.717) is 29.6 Å². The number of carbonyl (C=O) groups is 2. The van der Waals surface area contributed by atoms with Crippen molar-refractivity contribution < 1.29 is 14.3 Å². The summed E-state index contributed by atoms with van der Waals surface area (Å²) in [5.74, 6) is 0.279. The monoisotopic (exact) mass is 367 g/mol. The predicted octanol–water partition coefficient (Wildman–Crippen LogP) is 2.67. The number of nitrogens with zero attached hydrogens (tertiary/aromatic N) is 1. The van der Waals surface area contributed by atoms with E-state index in [1.807, 2.05) is 25.7 Å². The van der Waals surface area contributed by atoms with E-state index in [1.54, 1.807) is 18.2 Å². The van der Waals surface area contributed by atoms with Crippen LogP contribution in [0.25, 0.3) is 0 Å². The van der Waals surface area contributed by atoms with Crippen LogP contribution in [0.15, 0.2) is 18.2 Å². The minimum Gasteiger partial charge on any atom is -0.492 e. The molecule has 25 heavy (non-hydrogen) atoms. The van der Waals surface area contributed by atoms with E-state index in [2.05, 4.69) is 10.6 Å². The molecule has 1 unspecified atom stereocenters. The third-order valence-electron chi connectivity index (χ3n) is 4.09. The van der Waals surface area contributed by atoms with Gasteiger partial charge in [0.25, 0.3) is 0 Å². The SMILES string of the molecule is CCCOc1ccc(NC(=O)CC2C(=O)NCCN2C(C)C)cc1Cl. The summed E-state index contributed by atoms with van der Waals surface area (Å²) in [4.78, 5) is 26.5. The molecule has 2 N–H and O–H groups in total. The molecule has 1 aliphatic rings. The van der Waals surface area contributed by atoms with Gasteiger partial charge in [0, 0.05) is 24.8 Å². The van der Waals surface area contributed by atoms with Gasteiger partial charge in [-0.2, -0.15) is 0 Å². The maximum absolute atomic E-state index is 12.4. The van der Waals surface area contributed by atoms with Crippen LogP contribution in [0.4, 0.5) is 5.69 Å². The fourth-order valence-corrected chi connectivity index (χ4v) is 3.09. The van der Waals surface area contributed by atoms with Crippen LogP contribution in [0.2, 0.25) is 5.02 Å². The Balaban J connectivity index is 1.99. The van der Waals surface area contributed by atoms with Gasteiger partial charge < -0.3 is 15.4 Å². The number of ether oxygens (including phenoxy) is 1. The van der Waals surface area contributed by atoms with Gasteiger partial charge in [-0.25, -0.2) is 0 Å². The molecule has 0 bridgehead atoms. The van der Waals surface area contributed by atoms with Crippen molar-refractivity contribution in [2.24, 2.45) is 0 Å². The molecule has 1 aromatic rings. The zero-order valence-corrected chi connectivity index (χ0v) is 15.7. The molecule has 2 amide bonds. The largest absolute Gasteiger partial charge is 0.492 e. The molecule has 0 aromatic heterocycles. The lowest BCUT2D eigenvalue weighted by Crippen LogP contribution is -2.58. The first-order chi connectivity index (χ1) is 11.9. The number of benzene rings is 1. The maximum atomic E-state index is 12.4. The van der Waals surface area contributed by atoms with E-state index < -0.39 is 6.04 Å². The molecule has 138 valence electrons. The molecule has 1 aliphatic heterocycles. The highest BCUT2D eigenvalue weighted by Crippen LogP contribution is 2.28. The summed E-state index contributed by atoms with van der Waals surface area (Å²) in [6.07, 6.45) is 1.00. The Morgan fingerprint density at radius 1 is 1.48 bits per heavy atom. The summed E-state index contributed by atoms with van der Waals surface area (Å²) < 4.78 is 5.52. The molecule has 1 atom stereocenters. The Kier molecular flexibility index (Phi) is 7.08. The van der Waals surface area contributed by atoms with Crippen molar-refractivity contribution in [2.45, 2.75) is 45.7 Å². The Labute approximate surface area is 153 Å². The van der Waals surface area contributed by atoms with Gasteiger partial charge in [-0.3, -0.25) is 14.5 Å². The van der Waals surface area contributed by atoms with Crippen molar-refractivity contribution in [3.63, 3.8) is 0 Å². The number of hydrogen-bond donors (Lipinski definition) is 2. The summed E-state index contributed by atoms with van der Waals surface area (Å²) >= 11 is 6.18. The number of amides is 2. The van der Waals surface area contributed by atoms with Crippen LogP contribution in [0, 0.1) is 0 Å². The second kappa shape index (κ2) is 9.06. The van der Waals surface area contributed by atoms with Crippen LogP contribution in [-0.2, 0) is 9.59 Å². The molecule has 7 heteroatoms. The first kappa shape index (κ1) is 19.5. The minimum atomic E-state index is -0.448. The summed E-state index contributed by atoms with van der Waals surface area (Å²) in [7, 11) is 0. The fraction of sp³-hybridized carbons (Fsp3) is 0.556. The number of carbonyl (C=O) groups excluding carboxylic acids is 2. The second-order valence-corrected chi connectivity index (χ2v) is 6.79. The van der Waals surface area contributed by atoms with Crippen LogP contribution in [0.1, 0.15) is 33.6 Å². The van der Waals surface area contributed by atoms with Gasteiger partial charge in [0.05, 0.1) is 24.1 Å². The third-order valence-corrected chi connectivity index (χ3v) is 4.39. The van der Waals surface area contributed by atoms with Gasteiger partial charge in [-0.05, 0) is 38.5 Å². The van der Waals surface area contributed by atoms with Crippen LogP contribution >= 0.6 is 11.6 Å². The Morgan fingerprint density at radius 2 is 2.24 bits per heavy atom. The lowest BCUT2D eigenvalue weighted by Gasteiger charge is -2.37. The third kappa shape index (κ3) is 5.34. The molecule has 0 spiro atoms. The topological polar surface area (TPSA) is 70.7 Å². The maximum Gasteiger partial charge on any atom is 0.237 e. The van der Waals surface area contributed by atoms with E-state index in [-0.39, 0.29) is 24.3 Å². The Morgan fingerprint density at radius 3 is 2.88 bits per heavy atom. The molecule has 2 rings (SSSR count). The summed E-state index contributed by atoms with van der Waals surface area (Å²) in [5.41, 5.74) is 0.589. The van der Waals surface area contributed by atoms with Crippen LogP contribution in [0.3, 0.4) is 0 Å². The smallest absolute Gasteiger partial charge is 0.237 e. The molecule has 1 fully saturated rings. The predicted molar refractivity (Wildman–Crippen MR) is 99.1 cm³/mol. The van der Waals surface area contributed by atoms with Crippen molar-refractivity contribution in [1.29, 1.82) is 0 Å². The summed E-state index contributed by atoms with van der Waals surface area (Å²) in [5, 5.41) is 6.08. The number of rotatable bonds is 7. The second-order valence-electron chi connectivity index (χ2n) is 6.38. The van der Waals surface area contributed by atoms with Gasteiger partial charge >= 0.3 is 0 Å².